The van der Waals surface area contributed by atoms with Gasteiger partial charge in [-0.3, -0.25) is 4.79 Å². The third kappa shape index (κ3) is 4.32. The number of carbonyl (C=O) groups is 1. The highest BCUT2D eigenvalue weighted by Gasteiger charge is 2.24. The maximum Gasteiger partial charge on any atom is 0.311 e. The first-order valence-electron chi connectivity index (χ1n) is 8.34. The predicted molar refractivity (Wildman–Crippen MR) is 95.0 cm³/mol. The van der Waals surface area contributed by atoms with Crippen LogP contribution in [-0.2, 0) is 13.0 Å². The summed E-state index contributed by atoms with van der Waals surface area (Å²) in [7, 11) is 0. The molecule has 25 heavy (non-hydrogen) atoms. The van der Waals surface area contributed by atoms with Gasteiger partial charge in [0, 0.05) is 12.6 Å². The summed E-state index contributed by atoms with van der Waals surface area (Å²) in [6.45, 7) is 4.46. The van der Waals surface area contributed by atoms with Crippen molar-refractivity contribution in [1.82, 2.24) is 15.1 Å². The van der Waals surface area contributed by atoms with E-state index < -0.39 is 0 Å². The van der Waals surface area contributed by atoms with E-state index in [-0.39, 0.29) is 17.8 Å². The Bertz CT molecular complexity index is 813. The molecule has 3 aromatic rings. The molecule has 0 unspecified atom stereocenters. The highest BCUT2D eigenvalue weighted by Crippen LogP contribution is 2.14. The Balaban J connectivity index is 1.74. The molecule has 0 atom stereocenters. The molecule has 0 radical (unpaired) electrons. The summed E-state index contributed by atoms with van der Waals surface area (Å²) in [6.07, 6.45) is 0.515. The Morgan fingerprint density at radius 3 is 2.16 bits per heavy atom. The standard InChI is InChI=1S/C20H21N3O2/c1-15(2)23(14-17-11-7-4-8-12-17)20(24)19-22-21-18(25-19)13-16-9-5-3-6-10-16/h3-12,15H,13-14H2,1-2H3. The predicted octanol–water partition coefficient (Wildman–Crippen LogP) is 3.71. The number of hydrogen-bond acceptors (Lipinski definition) is 4. The van der Waals surface area contributed by atoms with Gasteiger partial charge in [0.05, 0.1) is 6.42 Å². The molecule has 3 rings (SSSR count). The third-order valence-electron chi connectivity index (χ3n) is 3.93. The lowest BCUT2D eigenvalue weighted by molar-refractivity contribution is 0.0647. The molecular formula is C20H21N3O2. The van der Waals surface area contributed by atoms with Crippen LogP contribution in [-0.4, -0.2) is 27.0 Å². The lowest BCUT2D eigenvalue weighted by atomic mass is 10.1. The van der Waals surface area contributed by atoms with E-state index in [0.717, 1.165) is 11.1 Å². The summed E-state index contributed by atoms with van der Waals surface area (Å²) < 4.78 is 5.60. The van der Waals surface area contributed by atoms with E-state index in [1.807, 2.05) is 74.5 Å². The molecule has 5 nitrogen and oxygen atoms in total. The zero-order valence-corrected chi connectivity index (χ0v) is 14.4. The molecule has 0 spiro atoms. The second kappa shape index (κ2) is 7.75. The fraction of sp³-hybridized carbons (Fsp3) is 0.250. The van der Waals surface area contributed by atoms with Crippen molar-refractivity contribution < 1.29 is 9.21 Å². The van der Waals surface area contributed by atoms with Crippen LogP contribution in [0.2, 0.25) is 0 Å². The van der Waals surface area contributed by atoms with E-state index in [9.17, 15) is 4.79 Å². The van der Waals surface area contributed by atoms with Crippen molar-refractivity contribution in [2.75, 3.05) is 0 Å². The fourth-order valence-corrected chi connectivity index (χ4v) is 2.57. The molecule has 1 aromatic heterocycles. The second-order valence-electron chi connectivity index (χ2n) is 6.18. The van der Waals surface area contributed by atoms with Gasteiger partial charge in [0.2, 0.25) is 5.89 Å². The van der Waals surface area contributed by atoms with Crippen LogP contribution in [0.5, 0.6) is 0 Å². The van der Waals surface area contributed by atoms with Crippen LogP contribution in [0.3, 0.4) is 0 Å². The summed E-state index contributed by atoms with van der Waals surface area (Å²) in [5, 5.41) is 7.97. The van der Waals surface area contributed by atoms with Crippen molar-refractivity contribution in [3.63, 3.8) is 0 Å². The lowest BCUT2D eigenvalue weighted by Gasteiger charge is -2.25. The molecule has 0 bridgehead atoms. The molecule has 1 heterocycles. The first kappa shape index (κ1) is 16.9. The number of rotatable bonds is 6. The minimum atomic E-state index is -0.245. The number of aromatic nitrogens is 2. The summed E-state index contributed by atoms with van der Waals surface area (Å²) in [6, 6.07) is 19.7. The van der Waals surface area contributed by atoms with E-state index in [4.69, 9.17) is 4.42 Å². The molecule has 0 fully saturated rings. The van der Waals surface area contributed by atoms with Crippen molar-refractivity contribution in [2.24, 2.45) is 0 Å². The Kier molecular flexibility index (Phi) is 5.23. The van der Waals surface area contributed by atoms with Gasteiger partial charge < -0.3 is 9.32 Å². The maximum atomic E-state index is 12.8. The van der Waals surface area contributed by atoms with Gasteiger partial charge in [-0.1, -0.05) is 60.7 Å². The summed E-state index contributed by atoms with van der Waals surface area (Å²) in [5.41, 5.74) is 2.13. The zero-order chi connectivity index (χ0) is 17.6. The minimum Gasteiger partial charge on any atom is -0.417 e. The molecule has 0 aliphatic carbocycles. The Morgan fingerprint density at radius 1 is 0.960 bits per heavy atom. The first-order chi connectivity index (χ1) is 12.1. The Labute approximate surface area is 147 Å². The maximum absolute atomic E-state index is 12.8. The van der Waals surface area contributed by atoms with Gasteiger partial charge in [-0.2, -0.15) is 0 Å². The van der Waals surface area contributed by atoms with Gasteiger partial charge in [0.15, 0.2) is 0 Å². The topological polar surface area (TPSA) is 59.2 Å². The van der Waals surface area contributed by atoms with Crippen LogP contribution >= 0.6 is 0 Å². The number of carbonyl (C=O) groups excluding carboxylic acids is 1. The number of benzene rings is 2. The Morgan fingerprint density at radius 2 is 1.56 bits per heavy atom. The summed E-state index contributed by atoms with van der Waals surface area (Å²) >= 11 is 0. The number of amides is 1. The summed E-state index contributed by atoms with van der Waals surface area (Å²) in [5.74, 6) is 0.235. The van der Waals surface area contributed by atoms with Gasteiger partial charge in [0.25, 0.3) is 0 Å². The lowest BCUT2D eigenvalue weighted by Crippen LogP contribution is -2.36. The number of nitrogens with zero attached hydrogens (tertiary/aromatic N) is 3. The van der Waals surface area contributed by atoms with Gasteiger partial charge in [0.1, 0.15) is 0 Å². The van der Waals surface area contributed by atoms with Crippen molar-refractivity contribution in [2.45, 2.75) is 32.9 Å². The third-order valence-corrected chi connectivity index (χ3v) is 3.93. The normalized spacial score (nSPS) is 10.8. The van der Waals surface area contributed by atoms with Crippen LogP contribution < -0.4 is 0 Å². The van der Waals surface area contributed by atoms with Crippen LogP contribution in [0.15, 0.2) is 65.1 Å². The highest BCUT2D eigenvalue weighted by molar-refractivity contribution is 5.89. The average Bonchev–Trinajstić information content (AvgIpc) is 3.09. The van der Waals surface area contributed by atoms with Crippen LogP contribution in [0.1, 0.15) is 41.6 Å². The minimum absolute atomic E-state index is 0.0252. The molecule has 5 heteroatoms. The molecular weight excluding hydrogens is 314 g/mol. The van der Waals surface area contributed by atoms with Crippen LogP contribution in [0, 0.1) is 0 Å². The fourth-order valence-electron chi connectivity index (χ4n) is 2.57. The molecule has 0 N–H and O–H groups in total. The molecule has 1 amide bonds. The van der Waals surface area contributed by atoms with Crippen molar-refractivity contribution in [1.29, 1.82) is 0 Å². The molecule has 2 aromatic carbocycles. The molecule has 0 saturated heterocycles. The molecule has 0 aliphatic heterocycles. The van der Waals surface area contributed by atoms with Crippen LogP contribution in [0.4, 0.5) is 0 Å². The molecule has 0 saturated carbocycles. The van der Waals surface area contributed by atoms with E-state index in [1.54, 1.807) is 4.90 Å². The molecule has 0 aliphatic rings. The monoisotopic (exact) mass is 335 g/mol. The number of hydrogen-bond donors (Lipinski definition) is 0. The highest BCUT2D eigenvalue weighted by atomic mass is 16.4. The van der Waals surface area contributed by atoms with Gasteiger partial charge in [-0.05, 0) is 25.0 Å². The second-order valence-corrected chi connectivity index (χ2v) is 6.18. The van der Waals surface area contributed by atoms with Crippen molar-refractivity contribution >= 4 is 5.91 Å². The van der Waals surface area contributed by atoms with Crippen molar-refractivity contribution in [3.05, 3.63) is 83.6 Å². The summed E-state index contributed by atoms with van der Waals surface area (Å²) in [4.78, 5) is 14.5. The van der Waals surface area contributed by atoms with E-state index in [1.165, 1.54) is 0 Å². The van der Waals surface area contributed by atoms with Gasteiger partial charge in [-0.15, -0.1) is 10.2 Å². The van der Waals surface area contributed by atoms with Crippen LogP contribution in [0.25, 0.3) is 0 Å². The first-order valence-corrected chi connectivity index (χ1v) is 8.34. The smallest absolute Gasteiger partial charge is 0.311 e. The van der Waals surface area contributed by atoms with Gasteiger partial charge >= 0.3 is 11.8 Å². The largest absolute Gasteiger partial charge is 0.417 e. The van der Waals surface area contributed by atoms with E-state index in [2.05, 4.69) is 10.2 Å². The SMILES string of the molecule is CC(C)N(Cc1ccccc1)C(=O)c1nnc(Cc2ccccc2)o1. The van der Waals surface area contributed by atoms with E-state index >= 15 is 0 Å². The quantitative estimate of drug-likeness (QED) is 0.689. The zero-order valence-electron chi connectivity index (χ0n) is 14.4. The average molecular weight is 335 g/mol. The van der Waals surface area contributed by atoms with Gasteiger partial charge in [-0.25, -0.2) is 0 Å². The molecule has 128 valence electrons. The van der Waals surface area contributed by atoms with Crippen molar-refractivity contribution in [3.8, 4) is 0 Å². The van der Waals surface area contributed by atoms with E-state index in [0.29, 0.717) is 18.9 Å². The Hall–Kier alpha value is -2.95.